The monoisotopic (exact) mass is 300 g/mol. The van der Waals surface area contributed by atoms with Crippen LogP contribution < -0.4 is 10.6 Å². The molecule has 2 rings (SSSR count). The third kappa shape index (κ3) is 3.82. The second-order valence-electron chi connectivity index (χ2n) is 4.18. The summed E-state index contributed by atoms with van der Waals surface area (Å²) in [5, 5.41) is 18.3. The number of hydrogen-bond acceptors (Lipinski definition) is 5. The van der Waals surface area contributed by atoms with Crippen molar-refractivity contribution in [2.45, 2.75) is 12.6 Å². The highest BCUT2D eigenvalue weighted by Gasteiger charge is 2.23. The lowest BCUT2D eigenvalue weighted by atomic mass is 10.3. The maximum atomic E-state index is 11.6. The molecular formula is C10H12N4O5S. The molecule has 0 fully saturated rings. The Morgan fingerprint density at radius 2 is 2.25 bits per heavy atom. The molecule has 9 nitrogen and oxygen atoms in total. The molecule has 2 heterocycles. The Labute approximate surface area is 114 Å². The molecular weight excluding hydrogens is 288 g/mol. The zero-order chi connectivity index (χ0) is 14.8. The molecule has 2 amide bonds. The van der Waals surface area contributed by atoms with E-state index in [1.165, 1.54) is 18.5 Å². The van der Waals surface area contributed by atoms with Crippen molar-refractivity contribution in [2.24, 2.45) is 0 Å². The van der Waals surface area contributed by atoms with Crippen molar-refractivity contribution in [3.63, 3.8) is 0 Å². The minimum atomic E-state index is -3.23. The molecule has 10 heteroatoms. The molecule has 1 aromatic rings. The summed E-state index contributed by atoms with van der Waals surface area (Å²) < 4.78 is 23.5. The predicted octanol–water partition coefficient (Wildman–Crippen LogP) is -0.600. The van der Waals surface area contributed by atoms with E-state index in [9.17, 15) is 18.0 Å². The summed E-state index contributed by atoms with van der Waals surface area (Å²) in [6.45, 7) is -0.313. The lowest BCUT2D eigenvalue weighted by Crippen LogP contribution is -2.38. The largest absolute Gasteiger partial charge is 0.480 e. The Hall–Kier alpha value is -2.36. The van der Waals surface area contributed by atoms with E-state index in [4.69, 9.17) is 5.11 Å². The summed E-state index contributed by atoms with van der Waals surface area (Å²) in [5.74, 6) is -1.22. The summed E-state index contributed by atoms with van der Waals surface area (Å²) in [4.78, 5) is 22.1. The van der Waals surface area contributed by atoms with E-state index in [1.807, 2.05) is 0 Å². The van der Waals surface area contributed by atoms with Gasteiger partial charge in [-0.15, -0.1) is 0 Å². The maximum Gasteiger partial charge on any atom is 0.325 e. The minimum absolute atomic E-state index is 0.168. The highest BCUT2D eigenvalue weighted by Crippen LogP contribution is 2.09. The lowest BCUT2D eigenvalue weighted by molar-refractivity contribution is -0.137. The second-order valence-corrected chi connectivity index (χ2v) is 6.11. The van der Waals surface area contributed by atoms with Gasteiger partial charge in [-0.05, 0) is 6.08 Å². The molecule has 1 aliphatic heterocycles. The van der Waals surface area contributed by atoms with Crippen molar-refractivity contribution >= 4 is 27.5 Å². The number of anilines is 1. The second kappa shape index (κ2) is 5.33. The molecule has 20 heavy (non-hydrogen) atoms. The molecule has 0 radical (unpaired) electrons. The molecule has 0 aliphatic carbocycles. The SMILES string of the molecule is O=C(O)Cn1cc(NC(=O)NC2C=CS(=O)(=O)C2)cn1. The van der Waals surface area contributed by atoms with Gasteiger partial charge in [0, 0.05) is 11.6 Å². The van der Waals surface area contributed by atoms with Gasteiger partial charge in [-0.25, -0.2) is 13.2 Å². The number of hydrogen-bond donors (Lipinski definition) is 3. The van der Waals surface area contributed by atoms with Crippen LogP contribution in [0, 0.1) is 0 Å². The maximum absolute atomic E-state index is 11.6. The van der Waals surface area contributed by atoms with Crippen molar-refractivity contribution in [2.75, 3.05) is 11.1 Å². The fourth-order valence-corrected chi connectivity index (χ4v) is 2.89. The van der Waals surface area contributed by atoms with Crippen LogP contribution in [0.1, 0.15) is 0 Å². The van der Waals surface area contributed by atoms with Crippen LogP contribution in [0.25, 0.3) is 0 Å². The van der Waals surface area contributed by atoms with Gasteiger partial charge in [0.2, 0.25) is 0 Å². The summed E-state index contributed by atoms with van der Waals surface area (Å²) in [6, 6.07) is -1.17. The highest BCUT2D eigenvalue weighted by molar-refractivity contribution is 7.94. The standard InChI is InChI=1S/C10H12N4O5S/c15-9(16)5-14-4-8(3-11-14)13-10(17)12-7-1-2-20(18,19)6-7/h1-4,7H,5-6H2,(H,15,16)(H2,12,13,17). The molecule has 0 saturated heterocycles. The summed E-state index contributed by atoms with van der Waals surface area (Å²) in [7, 11) is -3.23. The van der Waals surface area contributed by atoms with Crippen molar-refractivity contribution < 1.29 is 23.1 Å². The molecule has 0 aromatic carbocycles. The highest BCUT2D eigenvalue weighted by atomic mass is 32.2. The number of aliphatic carboxylic acids is 1. The number of carboxylic acid groups (broad SMARTS) is 1. The molecule has 1 aromatic heterocycles. The summed E-state index contributed by atoms with van der Waals surface area (Å²) in [6.07, 6.45) is 4.04. The van der Waals surface area contributed by atoms with Gasteiger partial charge in [-0.2, -0.15) is 5.10 Å². The van der Waals surface area contributed by atoms with Crippen LogP contribution >= 0.6 is 0 Å². The number of rotatable bonds is 4. The molecule has 0 spiro atoms. The zero-order valence-corrected chi connectivity index (χ0v) is 11.0. The number of nitrogens with zero attached hydrogens (tertiary/aromatic N) is 2. The van der Waals surface area contributed by atoms with E-state index in [0.29, 0.717) is 5.69 Å². The Bertz CT molecular complexity index is 663. The van der Waals surface area contributed by atoms with E-state index in [1.54, 1.807) is 0 Å². The van der Waals surface area contributed by atoms with E-state index in [2.05, 4.69) is 15.7 Å². The zero-order valence-electron chi connectivity index (χ0n) is 10.2. The molecule has 108 valence electrons. The average molecular weight is 300 g/mol. The normalized spacial score (nSPS) is 19.7. The summed E-state index contributed by atoms with van der Waals surface area (Å²) in [5.41, 5.74) is 0.314. The third-order valence-electron chi connectivity index (χ3n) is 2.43. The molecule has 0 saturated carbocycles. The number of carbonyl (C=O) groups excluding carboxylic acids is 1. The Morgan fingerprint density at radius 1 is 1.50 bits per heavy atom. The number of urea groups is 1. The van der Waals surface area contributed by atoms with Crippen LogP contribution in [0.4, 0.5) is 10.5 Å². The van der Waals surface area contributed by atoms with Gasteiger partial charge >= 0.3 is 12.0 Å². The first kappa shape index (κ1) is 14.1. The molecule has 3 N–H and O–H groups in total. The van der Waals surface area contributed by atoms with Crippen molar-refractivity contribution in [1.82, 2.24) is 15.1 Å². The van der Waals surface area contributed by atoms with Crippen LogP contribution in [0.5, 0.6) is 0 Å². The fourth-order valence-electron chi connectivity index (χ4n) is 1.65. The topological polar surface area (TPSA) is 130 Å². The third-order valence-corrected chi connectivity index (χ3v) is 3.83. The van der Waals surface area contributed by atoms with Crippen molar-refractivity contribution in [3.05, 3.63) is 23.9 Å². The Morgan fingerprint density at radius 3 is 2.85 bits per heavy atom. The number of nitrogens with one attached hydrogen (secondary N) is 2. The predicted molar refractivity (Wildman–Crippen MR) is 68.7 cm³/mol. The van der Waals surface area contributed by atoms with Gasteiger partial charge in [0.05, 0.1) is 23.7 Å². The number of carbonyl (C=O) groups is 2. The van der Waals surface area contributed by atoms with Crippen molar-refractivity contribution in [1.29, 1.82) is 0 Å². The van der Waals surface area contributed by atoms with Crippen LogP contribution in [0.2, 0.25) is 0 Å². The lowest BCUT2D eigenvalue weighted by Gasteiger charge is -2.09. The number of carboxylic acids is 1. The number of aromatic nitrogens is 2. The Balaban J connectivity index is 1.87. The van der Waals surface area contributed by atoms with Gasteiger partial charge in [0.15, 0.2) is 9.84 Å². The van der Waals surface area contributed by atoms with Crippen LogP contribution in [0.3, 0.4) is 0 Å². The van der Waals surface area contributed by atoms with E-state index < -0.39 is 27.9 Å². The molecule has 1 unspecified atom stereocenters. The minimum Gasteiger partial charge on any atom is -0.480 e. The molecule has 0 bridgehead atoms. The van der Waals surface area contributed by atoms with E-state index >= 15 is 0 Å². The number of amides is 2. The number of sulfone groups is 1. The average Bonchev–Trinajstić information content (AvgIpc) is 2.85. The fraction of sp³-hybridized carbons (Fsp3) is 0.300. The van der Waals surface area contributed by atoms with Gasteiger partial charge in [0.25, 0.3) is 0 Å². The van der Waals surface area contributed by atoms with Gasteiger partial charge in [-0.1, -0.05) is 0 Å². The van der Waals surface area contributed by atoms with E-state index in [-0.39, 0.29) is 12.3 Å². The summed E-state index contributed by atoms with van der Waals surface area (Å²) >= 11 is 0. The first-order valence-corrected chi connectivity index (χ1v) is 7.28. The van der Waals surface area contributed by atoms with Gasteiger partial charge in [0.1, 0.15) is 6.54 Å². The van der Waals surface area contributed by atoms with Crippen LogP contribution in [0.15, 0.2) is 23.9 Å². The van der Waals surface area contributed by atoms with Gasteiger partial charge < -0.3 is 15.7 Å². The smallest absolute Gasteiger partial charge is 0.325 e. The first-order chi connectivity index (χ1) is 9.34. The quantitative estimate of drug-likeness (QED) is 0.680. The van der Waals surface area contributed by atoms with Crippen molar-refractivity contribution in [3.8, 4) is 0 Å². The Kier molecular flexibility index (Phi) is 3.74. The van der Waals surface area contributed by atoms with Crippen LogP contribution in [-0.2, 0) is 21.2 Å². The molecule has 1 atom stereocenters. The van der Waals surface area contributed by atoms with Crippen LogP contribution in [-0.4, -0.2) is 47.1 Å². The molecule has 1 aliphatic rings. The van der Waals surface area contributed by atoms with Gasteiger partial charge in [-0.3, -0.25) is 9.48 Å². The van der Waals surface area contributed by atoms with E-state index in [0.717, 1.165) is 10.1 Å². The first-order valence-electron chi connectivity index (χ1n) is 5.57.